The number of nitrogen functional groups attached to an aromatic ring is 1. The smallest absolute Gasteiger partial charge is 0.241 e. The van der Waals surface area contributed by atoms with E-state index in [0.29, 0.717) is 34.8 Å². The minimum Gasteiger partial charge on any atom is -0.399 e. The third kappa shape index (κ3) is 4.19. The number of benzene rings is 1. The first-order chi connectivity index (χ1) is 8.77. The van der Waals surface area contributed by atoms with Crippen molar-refractivity contribution in [3.8, 4) is 0 Å². The number of nitrogens with zero attached hydrogens (tertiary/aromatic N) is 1. The fourth-order valence-electron chi connectivity index (χ4n) is 2.01. The summed E-state index contributed by atoms with van der Waals surface area (Å²) in [6.45, 7) is 7.52. The van der Waals surface area contributed by atoms with Gasteiger partial charge in [-0.1, -0.05) is 6.92 Å². The molecule has 0 aliphatic carbocycles. The molecule has 0 heterocycles. The first kappa shape index (κ1) is 15.9. The molecule has 3 N–H and O–H groups in total. The van der Waals surface area contributed by atoms with Gasteiger partial charge in [-0.05, 0) is 50.7 Å². The molecule has 0 aromatic heterocycles. The zero-order chi connectivity index (χ0) is 14.6. The SMILES string of the molecule is CCN(C)CCNS(=O)(=O)c1c(C)cc(N)cc1C. The van der Waals surface area contributed by atoms with Crippen LogP contribution in [0.5, 0.6) is 0 Å². The van der Waals surface area contributed by atoms with Crippen molar-refractivity contribution in [1.29, 1.82) is 0 Å². The molecule has 0 bridgehead atoms. The molecule has 1 rings (SSSR count). The molecule has 1 aromatic carbocycles. The number of rotatable bonds is 6. The van der Waals surface area contributed by atoms with Crippen molar-refractivity contribution in [2.45, 2.75) is 25.7 Å². The molecule has 0 spiro atoms. The van der Waals surface area contributed by atoms with E-state index in [2.05, 4.69) is 4.72 Å². The van der Waals surface area contributed by atoms with Gasteiger partial charge in [0.1, 0.15) is 0 Å². The Bertz CT molecular complexity index is 518. The second-order valence-electron chi connectivity index (χ2n) is 4.78. The van der Waals surface area contributed by atoms with Crippen molar-refractivity contribution in [3.63, 3.8) is 0 Å². The molecule has 108 valence electrons. The molecule has 5 nitrogen and oxygen atoms in total. The lowest BCUT2D eigenvalue weighted by molar-refractivity contribution is 0.358. The van der Waals surface area contributed by atoms with E-state index in [-0.39, 0.29) is 0 Å². The number of hydrogen-bond donors (Lipinski definition) is 2. The van der Waals surface area contributed by atoms with Crippen LogP contribution in [0, 0.1) is 13.8 Å². The number of nitrogens with two attached hydrogens (primary N) is 1. The van der Waals surface area contributed by atoms with Crippen molar-refractivity contribution < 1.29 is 8.42 Å². The molecule has 0 saturated carbocycles. The van der Waals surface area contributed by atoms with Crippen LogP contribution < -0.4 is 10.5 Å². The highest BCUT2D eigenvalue weighted by Crippen LogP contribution is 2.22. The van der Waals surface area contributed by atoms with E-state index in [4.69, 9.17) is 5.73 Å². The molecule has 1 aromatic rings. The lowest BCUT2D eigenvalue weighted by Crippen LogP contribution is -2.33. The molecular weight excluding hydrogens is 262 g/mol. The predicted octanol–water partition coefficient (Wildman–Crippen LogP) is 1.12. The lowest BCUT2D eigenvalue weighted by Gasteiger charge is -2.16. The Labute approximate surface area is 115 Å². The van der Waals surface area contributed by atoms with Crippen molar-refractivity contribution in [2.75, 3.05) is 32.4 Å². The van der Waals surface area contributed by atoms with Crippen LogP contribution in [-0.2, 0) is 10.0 Å². The van der Waals surface area contributed by atoms with Gasteiger partial charge in [0, 0.05) is 18.8 Å². The molecule has 0 radical (unpaired) electrons. The Morgan fingerprint density at radius 3 is 2.26 bits per heavy atom. The van der Waals surface area contributed by atoms with Crippen molar-refractivity contribution in [1.82, 2.24) is 9.62 Å². The lowest BCUT2D eigenvalue weighted by atomic mass is 10.1. The van der Waals surface area contributed by atoms with Gasteiger partial charge in [-0.2, -0.15) is 0 Å². The van der Waals surface area contributed by atoms with Crippen molar-refractivity contribution in [2.24, 2.45) is 0 Å². The largest absolute Gasteiger partial charge is 0.399 e. The summed E-state index contributed by atoms with van der Waals surface area (Å²) in [5.74, 6) is 0. The van der Waals surface area contributed by atoms with Gasteiger partial charge < -0.3 is 10.6 Å². The van der Waals surface area contributed by atoms with Crippen molar-refractivity contribution >= 4 is 15.7 Å². The molecule has 19 heavy (non-hydrogen) atoms. The number of aryl methyl sites for hydroxylation is 2. The molecular formula is C13H23N3O2S. The first-order valence-electron chi connectivity index (χ1n) is 6.33. The zero-order valence-corrected chi connectivity index (χ0v) is 12.8. The summed E-state index contributed by atoms with van der Waals surface area (Å²) in [6.07, 6.45) is 0. The summed E-state index contributed by atoms with van der Waals surface area (Å²) in [7, 11) is -1.52. The molecule has 0 fully saturated rings. The number of hydrogen-bond acceptors (Lipinski definition) is 4. The number of sulfonamides is 1. The molecule has 0 saturated heterocycles. The topological polar surface area (TPSA) is 75.4 Å². The summed E-state index contributed by atoms with van der Waals surface area (Å²) in [5, 5.41) is 0. The average Bonchev–Trinajstić information content (AvgIpc) is 2.26. The number of likely N-dealkylation sites (N-methyl/N-ethyl adjacent to an activating group) is 1. The Morgan fingerprint density at radius 1 is 1.26 bits per heavy atom. The molecule has 0 aliphatic heterocycles. The minimum absolute atomic E-state index is 0.334. The molecule has 0 atom stereocenters. The van der Waals surface area contributed by atoms with Gasteiger partial charge in [0.2, 0.25) is 10.0 Å². The fraction of sp³-hybridized carbons (Fsp3) is 0.538. The van der Waals surface area contributed by atoms with E-state index in [1.165, 1.54) is 0 Å². The maximum atomic E-state index is 12.3. The van der Waals surface area contributed by atoms with E-state index in [9.17, 15) is 8.42 Å². The van der Waals surface area contributed by atoms with Gasteiger partial charge in [-0.15, -0.1) is 0 Å². The van der Waals surface area contributed by atoms with E-state index in [1.54, 1.807) is 26.0 Å². The Balaban J connectivity index is 2.89. The normalized spacial score (nSPS) is 12.1. The maximum absolute atomic E-state index is 12.3. The highest BCUT2D eigenvalue weighted by molar-refractivity contribution is 7.89. The first-order valence-corrected chi connectivity index (χ1v) is 7.81. The molecule has 6 heteroatoms. The summed E-state index contributed by atoms with van der Waals surface area (Å²) in [5.41, 5.74) is 7.64. The summed E-state index contributed by atoms with van der Waals surface area (Å²) in [4.78, 5) is 2.38. The van der Waals surface area contributed by atoms with E-state index in [1.807, 2.05) is 18.9 Å². The minimum atomic E-state index is -3.47. The fourth-order valence-corrected chi connectivity index (χ4v) is 3.48. The van der Waals surface area contributed by atoms with Crippen LogP contribution in [0.3, 0.4) is 0 Å². The van der Waals surface area contributed by atoms with Crippen LogP contribution in [0.4, 0.5) is 5.69 Å². The summed E-state index contributed by atoms with van der Waals surface area (Å²) in [6, 6.07) is 3.36. The predicted molar refractivity (Wildman–Crippen MR) is 78.7 cm³/mol. The molecule has 0 unspecified atom stereocenters. The Kier molecular flexibility index (Phi) is 5.34. The van der Waals surface area contributed by atoms with Crippen LogP contribution in [0.2, 0.25) is 0 Å². The van der Waals surface area contributed by atoms with Gasteiger partial charge in [0.15, 0.2) is 0 Å². The van der Waals surface area contributed by atoms with Gasteiger partial charge in [-0.3, -0.25) is 0 Å². The van der Waals surface area contributed by atoms with Gasteiger partial charge in [-0.25, -0.2) is 13.1 Å². The second kappa shape index (κ2) is 6.36. The Morgan fingerprint density at radius 2 is 1.79 bits per heavy atom. The zero-order valence-electron chi connectivity index (χ0n) is 12.0. The average molecular weight is 285 g/mol. The van der Waals surface area contributed by atoms with Crippen molar-refractivity contribution in [3.05, 3.63) is 23.3 Å². The van der Waals surface area contributed by atoms with Gasteiger partial charge in [0.25, 0.3) is 0 Å². The monoisotopic (exact) mass is 285 g/mol. The summed E-state index contributed by atoms with van der Waals surface area (Å²) >= 11 is 0. The van der Waals surface area contributed by atoms with E-state index >= 15 is 0 Å². The van der Waals surface area contributed by atoms with Crippen LogP contribution in [0.15, 0.2) is 17.0 Å². The molecule has 0 amide bonds. The van der Waals surface area contributed by atoms with E-state index in [0.717, 1.165) is 6.54 Å². The Hall–Kier alpha value is -1.11. The second-order valence-corrected chi connectivity index (χ2v) is 6.48. The van der Waals surface area contributed by atoms with E-state index < -0.39 is 10.0 Å². The maximum Gasteiger partial charge on any atom is 0.241 e. The summed E-state index contributed by atoms with van der Waals surface area (Å²) < 4.78 is 27.2. The number of anilines is 1. The quantitative estimate of drug-likeness (QED) is 0.768. The van der Waals surface area contributed by atoms with Crippen LogP contribution >= 0.6 is 0 Å². The highest BCUT2D eigenvalue weighted by atomic mass is 32.2. The van der Waals surface area contributed by atoms with Gasteiger partial charge in [0.05, 0.1) is 4.90 Å². The van der Waals surface area contributed by atoms with Crippen LogP contribution in [0.1, 0.15) is 18.1 Å². The van der Waals surface area contributed by atoms with Gasteiger partial charge >= 0.3 is 0 Å². The third-order valence-electron chi connectivity index (χ3n) is 3.08. The van der Waals surface area contributed by atoms with Crippen LogP contribution in [-0.4, -0.2) is 40.0 Å². The highest BCUT2D eigenvalue weighted by Gasteiger charge is 2.19. The standard InChI is InChI=1S/C13H23N3O2S/c1-5-16(4)7-6-15-19(17,18)13-10(2)8-12(14)9-11(13)3/h8-9,15H,5-7,14H2,1-4H3. The van der Waals surface area contributed by atoms with Crippen LogP contribution in [0.25, 0.3) is 0 Å². The third-order valence-corrected chi connectivity index (χ3v) is 4.84. The number of nitrogens with one attached hydrogen (secondary N) is 1. The molecule has 0 aliphatic rings.